The van der Waals surface area contributed by atoms with Gasteiger partial charge in [-0.2, -0.15) is 0 Å². The molecule has 0 spiro atoms. The second-order valence-electron chi connectivity index (χ2n) is 8.43. The first-order valence-electron chi connectivity index (χ1n) is 11.7. The highest BCUT2D eigenvalue weighted by atomic mass is 32.2. The van der Waals surface area contributed by atoms with E-state index < -0.39 is 16.1 Å². The number of nitrogens with one attached hydrogen (secondary N) is 1. The monoisotopic (exact) mass is 519 g/mol. The fraction of sp³-hybridized carbons (Fsp3) is 0.440. The Hall–Kier alpha value is -3.47. The average Bonchev–Trinajstić information content (AvgIpc) is 2.88. The fourth-order valence-electron chi connectivity index (χ4n) is 3.91. The van der Waals surface area contributed by atoms with Crippen LogP contribution in [0.15, 0.2) is 42.5 Å². The van der Waals surface area contributed by atoms with Crippen LogP contribution in [-0.2, 0) is 26.2 Å². The Labute approximate surface area is 212 Å². The summed E-state index contributed by atoms with van der Waals surface area (Å²) in [6.07, 6.45) is 1.45. The Kier molecular flexibility index (Phi) is 9.03. The summed E-state index contributed by atoms with van der Waals surface area (Å²) in [4.78, 5) is 27.0. The SMILES string of the molecule is CNC(=O)[C@H](C)N(Cc1ccc(OC)cc1)C(=O)CCCN(c1ccc2c(c1)OCCO2)S(C)(=O)=O. The summed E-state index contributed by atoms with van der Waals surface area (Å²) in [5.74, 6) is 1.19. The maximum absolute atomic E-state index is 13.2. The number of sulfonamides is 1. The van der Waals surface area contributed by atoms with Crippen molar-refractivity contribution in [2.45, 2.75) is 32.4 Å². The van der Waals surface area contributed by atoms with E-state index in [-0.39, 0.29) is 37.7 Å². The lowest BCUT2D eigenvalue weighted by atomic mass is 10.1. The zero-order chi connectivity index (χ0) is 26.3. The van der Waals surface area contributed by atoms with Gasteiger partial charge >= 0.3 is 0 Å². The third kappa shape index (κ3) is 6.81. The van der Waals surface area contributed by atoms with Crippen molar-refractivity contribution in [2.75, 3.05) is 44.5 Å². The van der Waals surface area contributed by atoms with Crippen LogP contribution in [0.2, 0.25) is 0 Å². The van der Waals surface area contributed by atoms with E-state index >= 15 is 0 Å². The molecule has 0 saturated heterocycles. The standard InChI is InChI=1S/C25H33N3O7S/c1-18(25(30)26-2)27(17-19-7-10-21(33-3)11-8-19)24(29)6-5-13-28(36(4,31)32)20-9-12-22-23(16-20)35-15-14-34-22/h7-12,16,18H,5-6,13-15,17H2,1-4H3,(H,26,30)/t18-/m0/s1. The van der Waals surface area contributed by atoms with E-state index in [1.54, 1.807) is 44.4 Å². The molecule has 1 aliphatic rings. The van der Waals surface area contributed by atoms with Crippen molar-refractivity contribution in [3.8, 4) is 17.2 Å². The van der Waals surface area contributed by atoms with Gasteiger partial charge in [0, 0.05) is 32.6 Å². The molecule has 1 aliphatic heterocycles. The maximum atomic E-state index is 13.2. The highest BCUT2D eigenvalue weighted by molar-refractivity contribution is 7.92. The molecule has 1 heterocycles. The first-order valence-corrected chi connectivity index (χ1v) is 13.5. The molecule has 2 aromatic rings. The van der Waals surface area contributed by atoms with Crippen LogP contribution in [0.5, 0.6) is 17.2 Å². The van der Waals surface area contributed by atoms with Gasteiger partial charge in [-0.05, 0) is 43.2 Å². The van der Waals surface area contributed by atoms with Gasteiger partial charge in [-0.25, -0.2) is 8.42 Å². The maximum Gasteiger partial charge on any atom is 0.242 e. The normalized spacial score (nSPS) is 13.4. The molecule has 0 aromatic heterocycles. The Morgan fingerprint density at radius 3 is 2.36 bits per heavy atom. The van der Waals surface area contributed by atoms with E-state index in [2.05, 4.69) is 5.32 Å². The third-order valence-corrected chi connectivity index (χ3v) is 7.09. The van der Waals surface area contributed by atoms with Crippen LogP contribution in [0.4, 0.5) is 5.69 Å². The number of ether oxygens (including phenoxy) is 3. The number of benzene rings is 2. The van der Waals surface area contributed by atoms with Crippen molar-refractivity contribution in [1.29, 1.82) is 0 Å². The van der Waals surface area contributed by atoms with Crippen LogP contribution in [0.3, 0.4) is 0 Å². The number of methoxy groups -OCH3 is 1. The molecule has 0 saturated carbocycles. The van der Waals surface area contributed by atoms with Crippen molar-refractivity contribution in [3.63, 3.8) is 0 Å². The Balaban J connectivity index is 1.72. The molecular weight excluding hydrogens is 486 g/mol. The van der Waals surface area contributed by atoms with Crippen LogP contribution in [0.1, 0.15) is 25.3 Å². The van der Waals surface area contributed by atoms with Crippen molar-refractivity contribution in [3.05, 3.63) is 48.0 Å². The van der Waals surface area contributed by atoms with Crippen molar-refractivity contribution < 1.29 is 32.2 Å². The van der Waals surface area contributed by atoms with E-state index in [0.29, 0.717) is 36.1 Å². The minimum atomic E-state index is -3.62. The third-order valence-electron chi connectivity index (χ3n) is 5.89. The molecule has 0 fully saturated rings. The van der Waals surface area contributed by atoms with Crippen molar-refractivity contribution in [2.24, 2.45) is 0 Å². The lowest BCUT2D eigenvalue weighted by molar-refractivity contribution is -0.140. The van der Waals surface area contributed by atoms with Crippen LogP contribution in [0.25, 0.3) is 0 Å². The lowest BCUT2D eigenvalue weighted by Crippen LogP contribution is -2.46. The molecule has 1 N–H and O–H groups in total. The summed E-state index contributed by atoms with van der Waals surface area (Å²) in [6.45, 7) is 2.81. The number of carbonyl (C=O) groups excluding carboxylic acids is 2. The predicted molar refractivity (Wildman–Crippen MR) is 136 cm³/mol. The number of rotatable bonds is 11. The minimum absolute atomic E-state index is 0.0636. The number of hydrogen-bond acceptors (Lipinski definition) is 7. The largest absolute Gasteiger partial charge is 0.497 e. The van der Waals surface area contributed by atoms with E-state index in [9.17, 15) is 18.0 Å². The molecule has 196 valence electrons. The smallest absolute Gasteiger partial charge is 0.242 e. The molecule has 11 heteroatoms. The number of fused-ring (bicyclic) bond motifs is 1. The number of anilines is 1. The molecule has 2 aromatic carbocycles. The summed E-state index contributed by atoms with van der Waals surface area (Å²) >= 11 is 0. The second kappa shape index (κ2) is 12.0. The number of amides is 2. The predicted octanol–water partition coefficient (Wildman–Crippen LogP) is 2.18. The number of hydrogen-bond donors (Lipinski definition) is 1. The van der Waals surface area contributed by atoms with Gasteiger partial charge in [-0.1, -0.05) is 12.1 Å². The zero-order valence-corrected chi connectivity index (χ0v) is 21.8. The second-order valence-corrected chi connectivity index (χ2v) is 10.3. The van der Waals surface area contributed by atoms with Gasteiger partial charge in [-0.3, -0.25) is 13.9 Å². The molecule has 0 bridgehead atoms. The molecule has 0 radical (unpaired) electrons. The van der Waals surface area contributed by atoms with Gasteiger partial charge < -0.3 is 24.4 Å². The van der Waals surface area contributed by atoms with Gasteiger partial charge in [-0.15, -0.1) is 0 Å². The van der Waals surface area contributed by atoms with Gasteiger partial charge in [0.05, 0.1) is 19.1 Å². The van der Waals surface area contributed by atoms with Crippen LogP contribution < -0.4 is 23.8 Å². The average molecular weight is 520 g/mol. The molecule has 0 unspecified atom stereocenters. The van der Waals surface area contributed by atoms with E-state index in [1.807, 2.05) is 12.1 Å². The number of carbonyl (C=O) groups is 2. The summed E-state index contributed by atoms with van der Waals surface area (Å²) in [6, 6.07) is 11.5. The molecule has 0 aliphatic carbocycles. The number of nitrogens with zero attached hydrogens (tertiary/aromatic N) is 2. The highest BCUT2D eigenvalue weighted by Gasteiger charge is 2.26. The lowest BCUT2D eigenvalue weighted by Gasteiger charge is -2.29. The van der Waals surface area contributed by atoms with Crippen LogP contribution >= 0.6 is 0 Å². The van der Waals surface area contributed by atoms with Crippen LogP contribution in [0, 0.1) is 0 Å². The van der Waals surface area contributed by atoms with E-state index in [4.69, 9.17) is 14.2 Å². The highest BCUT2D eigenvalue weighted by Crippen LogP contribution is 2.34. The Bertz CT molecular complexity index is 1170. The van der Waals surface area contributed by atoms with Crippen LogP contribution in [-0.4, -0.2) is 71.3 Å². The number of likely N-dealkylation sites (N-methyl/N-ethyl adjacent to an activating group) is 1. The van der Waals surface area contributed by atoms with Crippen molar-refractivity contribution >= 4 is 27.5 Å². The molecule has 36 heavy (non-hydrogen) atoms. The molecule has 3 rings (SSSR count). The summed E-state index contributed by atoms with van der Waals surface area (Å²) in [5, 5.41) is 2.58. The zero-order valence-electron chi connectivity index (χ0n) is 21.0. The summed E-state index contributed by atoms with van der Waals surface area (Å²) < 4.78 is 42.6. The van der Waals surface area contributed by atoms with Crippen molar-refractivity contribution in [1.82, 2.24) is 10.2 Å². The van der Waals surface area contributed by atoms with Gasteiger partial charge in [0.1, 0.15) is 25.0 Å². The van der Waals surface area contributed by atoms with E-state index in [1.165, 1.54) is 16.3 Å². The molecule has 1 atom stereocenters. The van der Waals surface area contributed by atoms with Gasteiger partial charge in [0.2, 0.25) is 21.8 Å². The van der Waals surface area contributed by atoms with Gasteiger partial charge in [0.15, 0.2) is 11.5 Å². The quantitative estimate of drug-likeness (QED) is 0.484. The topological polar surface area (TPSA) is 114 Å². The summed E-state index contributed by atoms with van der Waals surface area (Å²) in [7, 11) is -0.523. The molecule has 2 amide bonds. The molecule has 10 nitrogen and oxygen atoms in total. The Morgan fingerprint density at radius 2 is 1.75 bits per heavy atom. The van der Waals surface area contributed by atoms with Gasteiger partial charge in [0.25, 0.3) is 0 Å². The minimum Gasteiger partial charge on any atom is -0.497 e. The van der Waals surface area contributed by atoms with E-state index in [0.717, 1.165) is 11.8 Å². The fourth-order valence-corrected chi connectivity index (χ4v) is 4.87. The molecular formula is C25H33N3O7S. The summed E-state index contributed by atoms with van der Waals surface area (Å²) in [5.41, 5.74) is 1.27. The Morgan fingerprint density at radius 1 is 1.08 bits per heavy atom. The first-order chi connectivity index (χ1) is 17.1. The first kappa shape index (κ1) is 27.1.